The average Bonchev–Trinajstić information content (AvgIpc) is 2.36. The molecule has 0 aromatic heterocycles. The number of amides is 2. The summed E-state index contributed by atoms with van der Waals surface area (Å²) in [6, 6.07) is 7.19. The second-order valence-electron chi connectivity index (χ2n) is 4.43. The van der Waals surface area contributed by atoms with Gasteiger partial charge in [-0.1, -0.05) is 18.6 Å². The first-order valence-electron chi connectivity index (χ1n) is 6.48. The number of nitrogen functional groups attached to an aromatic ring is 1. The van der Waals surface area contributed by atoms with E-state index in [4.69, 9.17) is 5.73 Å². The Hall–Kier alpha value is -1.75. The van der Waals surface area contributed by atoms with E-state index in [-0.39, 0.29) is 24.2 Å². The Morgan fingerprint density at radius 2 is 1.85 bits per heavy atom. The molecule has 2 amide bonds. The van der Waals surface area contributed by atoms with Crippen molar-refractivity contribution in [3.63, 3.8) is 0 Å². The average molecular weight is 300 g/mol. The van der Waals surface area contributed by atoms with Crippen LogP contribution in [0.2, 0.25) is 0 Å². The lowest BCUT2D eigenvalue weighted by atomic mass is 10.2. The van der Waals surface area contributed by atoms with E-state index in [0.717, 1.165) is 19.3 Å². The van der Waals surface area contributed by atoms with Gasteiger partial charge < -0.3 is 16.4 Å². The summed E-state index contributed by atoms with van der Waals surface area (Å²) < 4.78 is 0. The zero-order valence-corrected chi connectivity index (χ0v) is 12.5. The van der Waals surface area contributed by atoms with Crippen LogP contribution in [0, 0.1) is 0 Å². The second-order valence-corrected chi connectivity index (χ2v) is 4.43. The normalized spacial score (nSPS) is 9.45. The second kappa shape index (κ2) is 10.1. The summed E-state index contributed by atoms with van der Waals surface area (Å²) >= 11 is 0. The molecule has 5 nitrogen and oxygen atoms in total. The number of nitrogens with one attached hydrogen (secondary N) is 2. The monoisotopic (exact) mass is 299 g/mol. The molecule has 0 heterocycles. The van der Waals surface area contributed by atoms with Crippen molar-refractivity contribution in [3.05, 3.63) is 24.3 Å². The topological polar surface area (TPSA) is 84.2 Å². The molecule has 0 saturated heterocycles. The van der Waals surface area contributed by atoms with Crippen LogP contribution in [-0.2, 0) is 9.59 Å². The molecule has 0 aliphatic heterocycles. The quantitative estimate of drug-likeness (QED) is 0.533. The molecule has 20 heavy (non-hydrogen) atoms. The minimum absolute atomic E-state index is 0. The molecule has 0 saturated carbocycles. The molecule has 4 N–H and O–H groups in total. The highest BCUT2D eigenvalue weighted by Gasteiger charge is 2.04. The maximum absolute atomic E-state index is 11.7. The van der Waals surface area contributed by atoms with Crippen LogP contribution in [0.1, 0.15) is 32.6 Å². The minimum Gasteiger partial charge on any atom is -0.397 e. The van der Waals surface area contributed by atoms with Gasteiger partial charge in [0.05, 0.1) is 11.4 Å². The number of benzene rings is 1. The molecule has 1 aromatic carbocycles. The standard InChI is InChI=1S/C14H21N3O2.ClH/c1-11(18)16-10-6-2-3-9-14(19)17-13-8-5-4-7-12(13)15;/h4-5,7-8H,2-3,6,9-10,15H2,1H3,(H,16,18)(H,17,19);1H. The van der Waals surface area contributed by atoms with E-state index < -0.39 is 0 Å². The zero-order chi connectivity index (χ0) is 14.1. The van der Waals surface area contributed by atoms with Crippen LogP contribution in [0.15, 0.2) is 24.3 Å². The fourth-order valence-corrected chi connectivity index (χ4v) is 1.68. The molecule has 0 aliphatic rings. The molecule has 1 aromatic rings. The van der Waals surface area contributed by atoms with E-state index in [9.17, 15) is 9.59 Å². The molecule has 0 fully saturated rings. The summed E-state index contributed by atoms with van der Waals surface area (Å²) in [7, 11) is 0. The SMILES string of the molecule is CC(=O)NCCCCCC(=O)Nc1ccccc1N.Cl. The number of nitrogens with two attached hydrogens (primary N) is 1. The number of hydrogen-bond donors (Lipinski definition) is 3. The van der Waals surface area contributed by atoms with Gasteiger partial charge in [-0.3, -0.25) is 9.59 Å². The van der Waals surface area contributed by atoms with Gasteiger partial charge in [-0.15, -0.1) is 12.4 Å². The summed E-state index contributed by atoms with van der Waals surface area (Å²) in [6.07, 6.45) is 3.07. The number of carbonyl (C=O) groups excluding carboxylic acids is 2. The lowest BCUT2D eigenvalue weighted by Crippen LogP contribution is -2.20. The zero-order valence-electron chi connectivity index (χ0n) is 11.6. The molecule has 0 radical (unpaired) electrons. The minimum atomic E-state index is -0.0302. The van der Waals surface area contributed by atoms with Crippen molar-refractivity contribution in [1.29, 1.82) is 0 Å². The lowest BCUT2D eigenvalue weighted by Gasteiger charge is -2.07. The number of hydrogen-bond acceptors (Lipinski definition) is 3. The van der Waals surface area contributed by atoms with Gasteiger partial charge in [-0.2, -0.15) is 0 Å². The van der Waals surface area contributed by atoms with Crippen LogP contribution in [-0.4, -0.2) is 18.4 Å². The molecule has 0 aliphatic carbocycles. The molecular weight excluding hydrogens is 278 g/mol. The van der Waals surface area contributed by atoms with Crippen LogP contribution < -0.4 is 16.4 Å². The summed E-state index contributed by atoms with van der Waals surface area (Å²) in [4.78, 5) is 22.3. The molecular formula is C14H22ClN3O2. The van der Waals surface area contributed by atoms with Crippen molar-refractivity contribution in [2.24, 2.45) is 0 Å². The molecule has 1 rings (SSSR count). The maximum Gasteiger partial charge on any atom is 0.224 e. The summed E-state index contributed by atoms with van der Waals surface area (Å²) in [6.45, 7) is 2.17. The Balaban J connectivity index is 0.00000361. The van der Waals surface area contributed by atoms with E-state index in [1.807, 2.05) is 12.1 Å². The molecule has 0 unspecified atom stereocenters. The predicted molar refractivity (Wildman–Crippen MR) is 83.9 cm³/mol. The fraction of sp³-hybridized carbons (Fsp3) is 0.429. The van der Waals surface area contributed by atoms with E-state index in [1.165, 1.54) is 6.92 Å². The van der Waals surface area contributed by atoms with Crippen molar-refractivity contribution < 1.29 is 9.59 Å². The maximum atomic E-state index is 11.7. The number of anilines is 2. The molecule has 0 spiro atoms. The molecule has 0 bridgehead atoms. The summed E-state index contributed by atoms with van der Waals surface area (Å²) in [5.41, 5.74) is 6.97. The van der Waals surface area contributed by atoms with Crippen LogP contribution in [0.3, 0.4) is 0 Å². The van der Waals surface area contributed by atoms with Gasteiger partial charge in [0.2, 0.25) is 11.8 Å². The lowest BCUT2D eigenvalue weighted by molar-refractivity contribution is -0.119. The number of carbonyl (C=O) groups is 2. The first-order chi connectivity index (χ1) is 9.09. The highest BCUT2D eigenvalue weighted by Crippen LogP contribution is 2.17. The fourth-order valence-electron chi connectivity index (χ4n) is 1.68. The van der Waals surface area contributed by atoms with Crippen molar-refractivity contribution in [2.75, 3.05) is 17.6 Å². The first kappa shape index (κ1) is 18.2. The van der Waals surface area contributed by atoms with Crippen molar-refractivity contribution in [2.45, 2.75) is 32.6 Å². The van der Waals surface area contributed by atoms with Crippen molar-refractivity contribution in [1.82, 2.24) is 5.32 Å². The predicted octanol–water partition coefficient (Wildman–Crippen LogP) is 2.33. The van der Waals surface area contributed by atoms with Crippen molar-refractivity contribution in [3.8, 4) is 0 Å². The van der Waals surface area contributed by atoms with Crippen LogP contribution in [0.25, 0.3) is 0 Å². The number of unbranched alkanes of at least 4 members (excludes halogenated alkanes) is 2. The molecule has 112 valence electrons. The van der Waals surface area contributed by atoms with Crippen LogP contribution in [0.4, 0.5) is 11.4 Å². The van der Waals surface area contributed by atoms with Gasteiger partial charge in [0, 0.05) is 19.9 Å². The largest absolute Gasteiger partial charge is 0.397 e. The summed E-state index contributed by atoms with van der Waals surface area (Å²) in [5.74, 6) is -0.0466. The Labute approximate surface area is 125 Å². The van der Waals surface area contributed by atoms with E-state index in [1.54, 1.807) is 12.1 Å². The Bertz CT molecular complexity index is 438. The van der Waals surface area contributed by atoms with Gasteiger partial charge in [-0.05, 0) is 25.0 Å². The smallest absolute Gasteiger partial charge is 0.224 e. The molecule has 6 heteroatoms. The van der Waals surface area contributed by atoms with Gasteiger partial charge in [-0.25, -0.2) is 0 Å². The van der Waals surface area contributed by atoms with Gasteiger partial charge >= 0.3 is 0 Å². The third-order valence-electron chi connectivity index (χ3n) is 2.69. The third kappa shape index (κ3) is 7.63. The van der Waals surface area contributed by atoms with Gasteiger partial charge in [0.1, 0.15) is 0 Å². The Kier molecular flexibility index (Phi) is 9.20. The van der Waals surface area contributed by atoms with Crippen LogP contribution in [0.5, 0.6) is 0 Å². The van der Waals surface area contributed by atoms with Gasteiger partial charge in [0.15, 0.2) is 0 Å². The highest BCUT2D eigenvalue weighted by atomic mass is 35.5. The third-order valence-corrected chi connectivity index (χ3v) is 2.69. The van der Waals surface area contributed by atoms with E-state index in [0.29, 0.717) is 24.3 Å². The molecule has 0 atom stereocenters. The van der Waals surface area contributed by atoms with Gasteiger partial charge in [0.25, 0.3) is 0 Å². The van der Waals surface area contributed by atoms with Crippen molar-refractivity contribution >= 4 is 35.6 Å². The van der Waals surface area contributed by atoms with E-state index in [2.05, 4.69) is 10.6 Å². The Morgan fingerprint density at radius 1 is 1.15 bits per heavy atom. The number of para-hydroxylation sites is 2. The first-order valence-corrected chi connectivity index (χ1v) is 6.48. The Morgan fingerprint density at radius 3 is 2.50 bits per heavy atom. The highest BCUT2D eigenvalue weighted by molar-refractivity contribution is 5.93. The number of halogens is 1. The summed E-state index contributed by atoms with van der Waals surface area (Å²) in [5, 5.41) is 5.51. The van der Waals surface area contributed by atoms with E-state index >= 15 is 0 Å². The van der Waals surface area contributed by atoms with Crippen LogP contribution >= 0.6 is 12.4 Å². The number of rotatable bonds is 7.